The van der Waals surface area contributed by atoms with Crippen molar-refractivity contribution in [2.75, 3.05) is 0 Å². The van der Waals surface area contributed by atoms with E-state index in [4.69, 9.17) is 4.74 Å². The number of hydrogen-bond donors (Lipinski definition) is 1. The summed E-state index contributed by atoms with van der Waals surface area (Å²) in [5, 5.41) is 10.7. The third kappa shape index (κ3) is 3.55. The Balaban J connectivity index is 1.96. The number of rotatable bonds is 5. The molecule has 1 N–H and O–H groups in total. The quantitative estimate of drug-likeness (QED) is 0.904. The molecule has 3 nitrogen and oxygen atoms in total. The zero-order valence-corrected chi connectivity index (χ0v) is 12.3. The molecule has 4 heteroatoms. The molecule has 2 aromatic rings. The van der Waals surface area contributed by atoms with Crippen molar-refractivity contribution in [1.82, 2.24) is 4.98 Å². The highest BCUT2D eigenvalue weighted by molar-refractivity contribution is 7.11. The average Bonchev–Trinajstić information content (AvgIpc) is 2.75. The van der Waals surface area contributed by atoms with Crippen LogP contribution >= 0.6 is 11.3 Å². The lowest BCUT2D eigenvalue weighted by Crippen LogP contribution is -1.97. The molecular weight excluding hydrogens is 258 g/mol. The van der Waals surface area contributed by atoms with Crippen molar-refractivity contribution in [3.05, 3.63) is 45.4 Å². The van der Waals surface area contributed by atoms with Crippen molar-refractivity contribution >= 4 is 11.3 Å². The van der Waals surface area contributed by atoms with Gasteiger partial charge < -0.3 is 9.84 Å². The van der Waals surface area contributed by atoms with Crippen LogP contribution in [0.15, 0.2) is 24.3 Å². The van der Waals surface area contributed by atoms with Gasteiger partial charge in [-0.3, -0.25) is 0 Å². The summed E-state index contributed by atoms with van der Waals surface area (Å²) in [6, 6.07) is 7.59. The van der Waals surface area contributed by atoms with Crippen molar-refractivity contribution < 1.29 is 9.84 Å². The van der Waals surface area contributed by atoms with Gasteiger partial charge in [0, 0.05) is 4.88 Å². The van der Waals surface area contributed by atoms with Crippen LogP contribution in [0.25, 0.3) is 0 Å². The number of aliphatic hydroxyl groups excluding tert-OH is 1. The Hall–Kier alpha value is -1.39. The lowest BCUT2D eigenvalue weighted by Gasteiger charge is -2.09. The van der Waals surface area contributed by atoms with Crippen molar-refractivity contribution in [3.63, 3.8) is 0 Å². The lowest BCUT2D eigenvalue weighted by atomic mass is 10.1. The molecule has 0 amide bonds. The van der Waals surface area contributed by atoms with Crippen LogP contribution in [-0.2, 0) is 6.61 Å². The van der Waals surface area contributed by atoms with E-state index in [0.29, 0.717) is 6.61 Å². The molecular formula is C15H19NO2S. The van der Waals surface area contributed by atoms with Gasteiger partial charge in [-0.25, -0.2) is 4.98 Å². The lowest BCUT2D eigenvalue weighted by molar-refractivity contribution is 0.173. The second-order valence-electron chi connectivity index (χ2n) is 4.53. The first-order chi connectivity index (χ1) is 9.10. The Labute approximate surface area is 117 Å². The first-order valence-corrected chi connectivity index (χ1v) is 7.25. The van der Waals surface area contributed by atoms with Gasteiger partial charge in [0.2, 0.25) is 0 Å². The van der Waals surface area contributed by atoms with Gasteiger partial charge in [-0.15, -0.1) is 11.3 Å². The van der Waals surface area contributed by atoms with E-state index in [1.165, 1.54) is 4.88 Å². The average molecular weight is 277 g/mol. The molecule has 0 aliphatic heterocycles. The highest BCUT2D eigenvalue weighted by Gasteiger charge is 2.06. The maximum absolute atomic E-state index is 9.71. The molecule has 0 radical (unpaired) electrons. The molecule has 0 saturated heterocycles. The number of thiazole rings is 1. The van der Waals surface area contributed by atoms with Crippen LogP contribution in [0.3, 0.4) is 0 Å². The maximum atomic E-state index is 9.71. The monoisotopic (exact) mass is 277 g/mol. The van der Waals surface area contributed by atoms with Crippen LogP contribution in [0.2, 0.25) is 0 Å². The predicted octanol–water partition coefficient (Wildman–Crippen LogP) is 3.78. The molecule has 19 heavy (non-hydrogen) atoms. The topological polar surface area (TPSA) is 42.4 Å². The number of ether oxygens (including phenoxy) is 1. The molecule has 1 aromatic heterocycles. The summed E-state index contributed by atoms with van der Waals surface area (Å²) < 4.78 is 5.70. The highest BCUT2D eigenvalue weighted by Crippen LogP contribution is 2.22. The second kappa shape index (κ2) is 6.17. The SMILES string of the molecule is CC[C@@H](O)c1ccc(OCc2nc(C)c(C)s2)cc1. The van der Waals surface area contributed by atoms with E-state index < -0.39 is 6.10 Å². The third-order valence-electron chi connectivity index (χ3n) is 3.09. The summed E-state index contributed by atoms with van der Waals surface area (Å²) in [5.74, 6) is 0.803. The van der Waals surface area contributed by atoms with E-state index in [0.717, 1.165) is 28.4 Å². The van der Waals surface area contributed by atoms with Gasteiger partial charge in [0.1, 0.15) is 17.4 Å². The van der Waals surface area contributed by atoms with Gasteiger partial charge in [0.25, 0.3) is 0 Å². The first-order valence-electron chi connectivity index (χ1n) is 6.44. The Kier molecular flexibility index (Phi) is 4.56. The van der Waals surface area contributed by atoms with Gasteiger partial charge in [-0.2, -0.15) is 0 Å². The van der Waals surface area contributed by atoms with Gasteiger partial charge >= 0.3 is 0 Å². The maximum Gasteiger partial charge on any atom is 0.140 e. The minimum Gasteiger partial charge on any atom is -0.486 e. The Morgan fingerprint density at radius 1 is 1.26 bits per heavy atom. The third-order valence-corrected chi connectivity index (χ3v) is 4.13. The van der Waals surface area contributed by atoms with Gasteiger partial charge in [0.15, 0.2) is 0 Å². The van der Waals surface area contributed by atoms with Gasteiger partial charge in [-0.05, 0) is 38.0 Å². The number of aliphatic hydroxyl groups is 1. The van der Waals surface area contributed by atoms with Crippen molar-refractivity contribution in [3.8, 4) is 5.75 Å². The number of hydrogen-bond acceptors (Lipinski definition) is 4. The summed E-state index contributed by atoms with van der Waals surface area (Å²) in [6.07, 6.45) is 0.330. The first kappa shape index (κ1) is 14.0. The molecule has 0 aliphatic carbocycles. The van der Waals surface area contributed by atoms with Crippen molar-refractivity contribution in [2.24, 2.45) is 0 Å². The van der Waals surface area contributed by atoms with Crippen molar-refractivity contribution in [2.45, 2.75) is 39.9 Å². The van der Waals surface area contributed by atoms with Crippen molar-refractivity contribution in [1.29, 1.82) is 0 Å². The smallest absolute Gasteiger partial charge is 0.140 e. The molecule has 1 aromatic carbocycles. The van der Waals surface area contributed by atoms with Crippen LogP contribution in [0.5, 0.6) is 5.75 Å². The van der Waals surface area contributed by atoms with Crippen LogP contribution in [0.4, 0.5) is 0 Å². The van der Waals surface area contributed by atoms with E-state index in [2.05, 4.69) is 11.9 Å². The molecule has 1 heterocycles. The van der Waals surface area contributed by atoms with Gasteiger partial charge in [0.05, 0.1) is 11.8 Å². The Morgan fingerprint density at radius 2 is 1.95 bits per heavy atom. The zero-order chi connectivity index (χ0) is 13.8. The van der Waals surface area contributed by atoms with Gasteiger partial charge in [-0.1, -0.05) is 19.1 Å². The molecule has 102 valence electrons. The molecule has 1 atom stereocenters. The molecule has 2 rings (SSSR count). The summed E-state index contributed by atoms with van der Waals surface area (Å²) in [7, 11) is 0. The minimum absolute atomic E-state index is 0.390. The van der Waals surface area contributed by atoms with E-state index in [1.54, 1.807) is 11.3 Å². The molecule has 0 bridgehead atoms. The highest BCUT2D eigenvalue weighted by atomic mass is 32.1. The summed E-state index contributed by atoms with van der Waals surface area (Å²) >= 11 is 1.67. The van der Waals surface area contributed by atoms with E-state index in [1.807, 2.05) is 38.1 Å². The summed E-state index contributed by atoms with van der Waals surface area (Å²) in [5.41, 5.74) is 2.00. The summed E-state index contributed by atoms with van der Waals surface area (Å²) in [6.45, 7) is 6.53. The number of aryl methyl sites for hydroxylation is 2. The number of nitrogens with zero attached hydrogens (tertiary/aromatic N) is 1. The minimum atomic E-state index is -0.390. The normalized spacial score (nSPS) is 12.4. The fourth-order valence-electron chi connectivity index (χ4n) is 1.77. The molecule has 0 unspecified atom stereocenters. The van der Waals surface area contributed by atoms with Crippen LogP contribution in [0, 0.1) is 13.8 Å². The van der Waals surface area contributed by atoms with E-state index in [-0.39, 0.29) is 0 Å². The Bertz CT molecular complexity index is 514. The zero-order valence-electron chi connectivity index (χ0n) is 11.5. The molecule has 0 spiro atoms. The standard InChI is InChI=1S/C15H19NO2S/c1-4-14(17)12-5-7-13(8-6-12)18-9-15-16-10(2)11(3)19-15/h5-8,14,17H,4,9H2,1-3H3/t14-/m1/s1. The summed E-state index contributed by atoms with van der Waals surface area (Å²) in [4.78, 5) is 5.67. The fraction of sp³-hybridized carbons (Fsp3) is 0.400. The number of benzene rings is 1. The predicted molar refractivity (Wildman–Crippen MR) is 77.6 cm³/mol. The molecule has 0 fully saturated rings. The molecule has 0 aliphatic rings. The second-order valence-corrected chi connectivity index (χ2v) is 5.82. The molecule has 0 saturated carbocycles. The van der Waals surface area contributed by atoms with Crippen LogP contribution in [0.1, 0.15) is 40.6 Å². The number of aromatic nitrogens is 1. The van der Waals surface area contributed by atoms with Crippen LogP contribution < -0.4 is 4.74 Å². The van der Waals surface area contributed by atoms with E-state index in [9.17, 15) is 5.11 Å². The Morgan fingerprint density at radius 3 is 2.47 bits per heavy atom. The van der Waals surface area contributed by atoms with E-state index >= 15 is 0 Å². The van der Waals surface area contributed by atoms with Crippen LogP contribution in [-0.4, -0.2) is 10.1 Å². The largest absolute Gasteiger partial charge is 0.486 e. The fourth-order valence-corrected chi connectivity index (χ4v) is 2.62.